The number of nitrogens with one attached hydrogen (secondary N) is 1. The van der Waals surface area contributed by atoms with E-state index in [0.717, 1.165) is 0 Å². The van der Waals surface area contributed by atoms with Crippen LogP contribution in [0.5, 0.6) is 11.5 Å². The van der Waals surface area contributed by atoms with Gasteiger partial charge >= 0.3 is 5.97 Å². The van der Waals surface area contributed by atoms with Gasteiger partial charge in [0.05, 0.1) is 7.11 Å². The summed E-state index contributed by atoms with van der Waals surface area (Å²) in [5.74, 6) is 0.307. The number of methoxy groups -OCH3 is 1. The Morgan fingerprint density at radius 1 is 1.04 bits per heavy atom. The molecular formula is C18H18ClNO4. The number of para-hydroxylation sites is 2. The fraction of sp³-hybridized carbons (Fsp3) is 0.222. The topological polar surface area (TPSA) is 64.6 Å². The number of carbonyl (C=O) groups excluding carboxylic acids is 2. The summed E-state index contributed by atoms with van der Waals surface area (Å²) in [4.78, 5) is 23.7. The number of ether oxygens (including phenoxy) is 2. The van der Waals surface area contributed by atoms with E-state index in [9.17, 15) is 9.59 Å². The molecule has 1 N–H and O–H groups in total. The van der Waals surface area contributed by atoms with Crippen LogP contribution in [0.4, 0.5) is 0 Å². The first-order chi connectivity index (χ1) is 11.6. The SMILES string of the molecule is COc1ccccc1OC(=O)CCCNC(=O)c1ccc(Cl)cc1. The van der Waals surface area contributed by atoms with E-state index in [1.165, 1.54) is 7.11 Å². The second-order valence-electron chi connectivity index (χ2n) is 4.99. The van der Waals surface area contributed by atoms with Crippen LogP contribution < -0.4 is 14.8 Å². The normalized spacial score (nSPS) is 10.1. The van der Waals surface area contributed by atoms with E-state index in [1.54, 1.807) is 48.5 Å². The van der Waals surface area contributed by atoms with Gasteiger partial charge in [0.1, 0.15) is 0 Å². The van der Waals surface area contributed by atoms with Gasteiger partial charge < -0.3 is 14.8 Å². The number of esters is 1. The van der Waals surface area contributed by atoms with Gasteiger partial charge in [-0.1, -0.05) is 23.7 Å². The van der Waals surface area contributed by atoms with E-state index in [-0.39, 0.29) is 18.3 Å². The second-order valence-corrected chi connectivity index (χ2v) is 5.43. The van der Waals surface area contributed by atoms with Crippen molar-refractivity contribution in [3.05, 3.63) is 59.1 Å². The smallest absolute Gasteiger partial charge is 0.311 e. The van der Waals surface area contributed by atoms with Gasteiger partial charge in [-0.2, -0.15) is 0 Å². The first-order valence-corrected chi connectivity index (χ1v) is 7.85. The molecule has 24 heavy (non-hydrogen) atoms. The van der Waals surface area contributed by atoms with Crippen LogP contribution in [0, 0.1) is 0 Å². The molecule has 0 aliphatic rings. The maximum Gasteiger partial charge on any atom is 0.311 e. The number of carbonyl (C=O) groups is 2. The molecule has 5 nitrogen and oxygen atoms in total. The number of halogens is 1. The van der Waals surface area contributed by atoms with Crippen LogP contribution in [0.15, 0.2) is 48.5 Å². The Hall–Kier alpha value is -2.53. The predicted molar refractivity (Wildman–Crippen MR) is 91.6 cm³/mol. The Labute approximate surface area is 145 Å². The summed E-state index contributed by atoms with van der Waals surface area (Å²) in [7, 11) is 1.51. The summed E-state index contributed by atoms with van der Waals surface area (Å²) in [5.41, 5.74) is 0.524. The van der Waals surface area contributed by atoms with E-state index in [0.29, 0.717) is 35.1 Å². The first kappa shape index (κ1) is 17.8. The molecule has 0 unspecified atom stereocenters. The molecule has 0 atom stereocenters. The highest BCUT2D eigenvalue weighted by Crippen LogP contribution is 2.26. The minimum atomic E-state index is -0.375. The van der Waals surface area contributed by atoms with E-state index >= 15 is 0 Å². The molecular weight excluding hydrogens is 330 g/mol. The molecule has 0 spiro atoms. The van der Waals surface area contributed by atoms with E-state index in [2.05, 4.69) is 5.32 Å². The molecule has 6 heteroatoms. The fourth-order valence-electron chi connectivity index (χ4n) is 2.01. The van der Waals surface area contributed by atoms with Gasteiger partial charge in [-0.3, -0.25) is 9.59 Å². The highest BCUT2D eigenvalue weighted by atomic mass is 35.5. The predicted octanol–water partition coefficient (Wildman–Crippen LogP) is 3.46. The standard InChI is InChI=1S/C18H18ClNO4/c1-23-15-5-2-3-6-16(15)24-17(21)7-4-12-20-18(22)13-8-10-14(19)11-9-13/h2-3,5-6,8-11H,4,7,12H2,1H3,(H,20,22). The molecule has 126 valence electrons. The number of amides is 1. The lowest BCUT2D eigenvalue weighted by Gasteiger charge is -2.09. The van der Waals surface area contributed by atoms with Gasteiger partial charge in [0.2, 0.25) is 0 Å². The van der Waals surface area contributed by atoms with Crippen molar-refractivity contribution in [3.63, 3.8) is 0 Å². The van der Waals surface area contributed by atoms with Crippen LogP contribution in [0.3, 0.4) is 0 Å². The zero-order chi connectivity index (χ0) is 17.4. The highest BCUT2D eigenvalue weighted by Gasteiger charge is 2.10. The van der Waals surface area contributed by atoms with Crippen molar-refractivity contribution in [2.24, 2.45) is 0 Å². The van der Waals surface area contributed by atoms with Crippen LogP contribution in [0.2, 0.25) is 5.02 Å². The average Bonchev–Trinajstić information content (AvgIpc) is 2.59. The van der Waals surface area contributed by atoms with Crippen LogP contribution in [-0.4, -0.2) is 25.5 Å². The molecule has 0 aliphatic carbocycles. The third kappa shape index (κ3) is 5.28. The third-order valence-electron chi connectivity index (χ3n) is 3.24. The zero-order valence-corrected chi connectivity index (χ0v) is 14.0. The fourth-order valence-corrected chi connectivity index (χ4v) is 2.14. The number of hydrogen-bond donors (Lipinski definition) is 1. The third-order valence-corrected chi connectivity index (χ3v) is 3.49. The summed E-state index contributed by atoms with van der Waals surface area (Å²) in [6.07, 6.45) is 0.673. The van der Waals surface area contributed by atoms with Crippen molar-refractivity contribution in [1.29, 1.82) is 0 Å². The molecule has 0 saturated heterocycles. The van der Waals surface area contributed by atoms with Gasteiger partial charge in [0.25, 0.3) is 5.91 Å². The summed E-state index contributed by atoms with van der Waals surface area (Å²) in [6.45, 7) is 0.377. The number of hydrogen-bond acceptors (Lipinski definition) is 4. The Kier molecular flexibility index (Phi) is 6.63. The average molecular weight is 348 g/mol. The van der Waals surface area contributed by atoms with E-state index < -0.39 is 0 Å². The lowest BCUT2D eigenvalue weighted by molar-refractivity contribution is -0.134. The van der Waals surface area contributed by atoms with Crippen LogP contribution >= 0.6 is 11.6 Å². The van der Waals surface area contributed by atoms with Gasteiger partial charge in [-0.25, -0.2) is 0 Å². The zero-order valence-electron chi connectivity index (χ0n) is 13.3. The van der Waals surface area contributed by atoms with Crippen LogP contribution in [0.1, 0.15) is 23.2 Å². The lowest BCUT2D eigenvalue weighted by atomic mass is 10.2. The van der Waals surface area contributed by atoms with Crippen LogP contribution in [0.25, 0.3) is 0 Å². The van der Waals surface area contributed by atoms with Crippen molar-refractivity contribution in [2.45, 2.75) is 12.8 Å². The summed E-state index contributed by atoms with van der Waals surface area (Å²) in [5, 5.41) is 3.32. The Morgan fingerprint density at radius 2 is 1.71 bits per heavy atom. The molecule has 0 fully saturated rings. The molecule has 0 aliphatic heterocycles. The van der Waals surface area contributed by atoms with E-state index in [1.807, 2.05) is 0 Å². The minimum Gasteiger partial charge on any atom is -0.493 e. The Bertz CT molecular complexity index is 700. The maximum atomic E-state index is 11.9. The molecule has 2 aromatic carbocycles. The van der Waals surface area contributed by atoms with Gasteiger partial charge in [-0.15, -0.1) is 0 Å². The summed E-state index contributed by atoms with van der Waals surface area (Å²) >= 11 is 5.77. The van der Waals surface area contributed by atoms with E-state index in [4.69, 9.17) is 21.1 Å². The van der Waals surface area contributed by atoms with Crippen molar-refractivity contribution in [1.82, 2.24) is 5.32 Å². The van der Waals surface area contributed by atoms with Gasteiger partial charge in [0.15, 0.2) is 11.5 Å². The molecule has 0 bridgehead atoms. The van der Waals surface area contributed by atoms with Crippen LogP contribution in [-0.2, 0) is 4.79 Å². The minimum absolute atomic E-state index is 0.193. The van der Waals surface area contributed by atoms with Crippen molar-refractivity contribution in [2.75, 3.05) is 13.7 Å². The van der Waals surface area contributed by atoms with Crippen molar-refractivity contribution >= 4 is 23.5 Å². The first-order valence-electron chi connectivity index (χ1n) is 7.47. The largest absolute Gasteiger partial charge is 0.493 e. The summed E-state index contributed by atoms with van der Waals surface area (Å²) in [6, 6.07) is 13.5. The molecule has 0 aromatic heterocycles. The molecule has 2 aromatic rings. The molecule has 0 heterocycles. The molecule has 2 rings (SSSR count). The molecule has 0 saturated carbocycles. The monoisotopic (exact) mass is 347 g/mol. The van der Waals surface area contributed by atoms with Gasteiger partial charge in [0, 0.05) is 23.6 Å². The number of benzene rings is 2. The Balaban J connectivity index is 1.73. The number of rotatable bonds is 7. The molecule has 0 radical (unpaired) electrons. The van der Waals surface area contributed by atoms with Gasteiger partial charge in [-0.05, 0) is 42.8 Å². The van der Waals surface area contributed by atoms with Crippen molar-refractivity contribution in [3.8, 4) is 11.5 Å². The maximum absolute atomic E-state index is 11.9. The second kappa shape index (κ2) is 8.93. The van der Waals surface area contributed by atoms with Crippen molar-refractivity contribution < 1.29 is 19.1 Å². The highest BCUT2D eigenvalue weighted by molar-refractivity contribution is 6.30. The Morgan fingerprint density at radius 3 is 2.38 bits per heavy atom. The quantitative estimate of drug-likeness (QED) is 0.473. The lowest BCUT2D eigenvalue weighted by Crippen LogP contribution is -2.25. The summed E-state index contributed by atoms with van der Waals surface area (Å²) < 4.78 is 10.4. The molecule has 1 amide bonds.